The van der Waals surface area contributed by atoms with Crippen LogP contribution in [0.4, 0.5) is 17.1 Å². The largest absolute Gasteiger partial charge is 0.365 e. The molecule has 1 N–H and O–H groups in total. The van der Waals surface area contributed by atoms with Crippen LogP contribution in [0.3, 0.4) is 0 Å². The molecule has 0 aliphatic heterocycles. The molecule has 0 unspecified atom stereocenters. The molecule has 140 valence electrons. The van der Waals surface area contributed by atoms with Gasteiger partial charge in [-0.15, -0.1) is 0 Å². The summed E-state index contributed by atoms with van der Waals surface area (Å²) in [6, 6.07) is 10.8. The highest BCUT2D eigenvalue weighted by atomic mass is 16.6. The first-order valence-electron chi connectivity index (χ1n) is 8.39. The van der Waals surface area contributed by atoms with Gasteiger partial charge in [0.2, 0.25) is 0 Å². The zero-order valence-electron chi connectivity index (χ0n) is 14.6. The number of nitro groups is 2. The molecule has 0 atom stereocenters. The van der Waals surface area contributed by atoms with Crippen LogP contribution in [0.5, 0.6) is 0 Å². The number of nitrogens with zero attached hydrogens (tertiary/aromatic N) is 3. The van der Waals surface area contributed by atoms with Crippen molar-refractivity contribution in [3.05, 3.63) is 73.8 Å². The summed E-state index contributed by atoms with van der Waals surface area (Å²) >= 11 is 0. The Labute approximate surface area is 154 Å². The standard InChI is InChI=1S/C18H18N4O5/c1-20(16-9-8-15(21(24)25)10-17(16)22(26)27)11-12-2-4-13(5-3-12)18(23)19-14-6-7-14/h2-5,8-10,14H,6-7,11H2,1H3,(H,19,23). The van der Waals surface area contributed by atoms with E-state index in [1.165, 1.54) is 12.1 Å². The monoisotopic (exact) mass is 370 g/mol. The predicted molar refractivity (Wildman–Crippen MR) is 98.8 cm³/mol. The van der Waals surface area contributed by atoms with Gasteiger partial charge in [0, 0.05) is 31.3 Å². The topological polar surface area (TPSA) is 119 Å². The van der Waals surface area contributed by atoms with E-state index in [1.807, 2.05) is 0 Å². The number of anilines is 1. The molecule has 0 spiro atoms. The lowest BCUT2D eigenvalue weighted by molar-refractivity contribution is -0.393. The van der Waals surface area contributed by atoms with Crippen LogP contribution < -0.4 is 10.2 Å². The maximum Gasteiger partial charge on any atom is 0.299 e. The number of carbonyl (C=O) groups is 1. The van der Waals surface area contributed by atoms with Crippen molar-refractivity contribution in [2.24, 2.45) is 0 Å². The SMILES string of the molecule is CN(Cc1ccc(C(=O)NC2CC2)cc1)c1ccc([N+](=O)[O-])cc1[N+](=O)[O-]. The van der Waals surface area contributed by atoms with Crippen molar-refractivity contribution in [1.82, 2.24) is 5.32 Å². The van der Waals surface area contributed by atoms with Crippen molar-refractivity contribution in [1.29, 1.82) is 0 Å². The zero-order valence-corrected chi connectivity index (χ0v) is 14.6. The second-order valence-electron chi connectivity index (χ2n) is 6.49. The molecule has 0 radical (unpaired) electrons. The summed E-state index contributed by atoms with van der Waals surface area (Å²) < 4.78 is 0. The van der Waals surface area contributed by atoms with Crippen LogP contribution in [0.15, 0.2) is 42.5 Å². The Hall–Kier alpha value is -3.49. The third-order valence-electron chi connectivity index (χ3n) is 4.33. The van der Waals surface area contributed by atoms with Crippen molar-refractivity contribution in [3.63, 3.8) is 0 Å². The fourth-order valence-corrected chi connectivity index (χ4v) is 2.71. The third-order valence-corrected chi connectivity index (χ3v) is 4.33. The molecule has 9 nitrogen and oxygen atoms in total. The van der Waals surface area contributed by atoms with Gasteiger partial charge < -0.3 is 10.2 Å². The Morgan fingerprint density at radius 2 is 1.78 bits per heavy atom. The van der Waals surface area contributed by atoms with Gasteiger partial charge in [-0.05, 0) is 36.6 Å². The van der Waals surface area contributed by atoms with E-state index in [-0.39, 0.29) is 29.0 Å². The summed E-state index contributed by atoms with van der Waals surface area (Å²) in [6.07, 6.45) is 2.03. The highest BCUT2D eigenvalue weighted by Gasteiger charge is 2.24. The fraction of sp³-hybridized carbons (Fsp3) is 0.278. The molecule has 1 amide bonds. The van der Waals surface area contributed by atoms with Gasteiger partial charge in [-0.3, -0.25) is 25.0 Å². The number of carbonyl (C=O) groups excluding carboxylic acids is 1. The van der Waals surface area contributed by atoms with E-state index in [0.29, 0.717) is 12.1 Å². The van der Waals surface area contributed by atoms with Gasteiger partial charge in [-0.25, -0.2) is 0 Å². The van der Waals surface area contributed by atoms with E-state index >= 15 is 0 Å². The Bertz CT molecular complexity index is 893. The summed E-state index contributed by atoms with van der Waals surface area (Å²) in [7, 11) is 1.67. The first kappa shape index (κ1) is 18.3. The highest BCUT2D eigenvalue weighted by molar-refractivity contribution is 5.94. The number of benzene rings is 2. The first-order chi connectivity index (χ1) is 12.8. The average Bonchev–Trinajstić information content (AvgIpc) is 3.45. The average molecular weight is 370 g/mol. The highest BCUT2D eigenvalue weighted by Crippen LogP contribution is 2.32. The Kier molecular flexibility index (Phi) is 5.02. The van der Waals surface area contributed by atoms with Gasteiger partial charge in [-0.1, -0.05) is 12.1 Å². The van der Waals surface area contributed by atoms with E-state index in [1.54, 1.807) is 36.2 Å². The van der Waals surface area contributed by atoms with Gasteiger partial charge in [0.1, 0.15) is 5.69 Å². The van der Waals surface area contributed by atoms with Crippen LogP contribution in [0.2, 0.25) is 0 Å². The number of non-ortho nitro benzene ring substituents is 1. The minimum Gasteiger partial charge on any atom is -0.365 e. The van der Waals surface area contributed by atoms with Crippen molar-refractivity contribution >= 4 is 23.0 Å². The minimum atomic E-state index is -0.664. The molecule has 1 aliphatic rings. The van der Waals surface area contributed by atoms with Crippen molar-refractivity contribution in [2.45, 2.75) is 25.4 Å². The summed E-state index contributed by atoms with van der Waals surface area (Å²) in [5.41, 5.74) is 1.04. The van der Waals surface area contributed by atoms with Crippen LogP contribution in [0, 0.1) is 20.2 Å². The number of rotatable bonds is 7. The second kappa shape index (κ2) is 7.40. The smallest absolute Gasteiger partial charge is 0.299 e. The molecule has 0 bridgehead atoms. The third kappa shape index (κ3) is 4.38. The summed E-state index contributed by atoms with van der Waals surface area (Å²) in [4.78, 5) is 34.5. The first-order valence-corrected chi connectivity index (χ1v) is 8.39. The lowest BCUT2D eigenvalue weighted by Gasteiger charge is -2.19. The number of nitro benzene ring substituents is 2. The molecule has 0 heterocycles. The second-order valence-corrected chi connectivity index (χ2v) is 6.49. The minimum absolute atomic E-state index is 0.108. The van der Waals surface area contributed by atoms with E-state index in [9.17, 15) is 25.0 Å². The van der Waals surface area contributed by atoms with Gasteiger partial charge in [0.25, 0.3) is 17.3 Å². The molecule has 9 heteroatoms. The Balaban J connectivity index is 1.74. The molecular formula is C18H18N4O5. The van der Waals surface area contributed by atoms with E-state index in [4.69, 9.17) is 0 Å². The summed E-state index contributed by atoms with van der Waals surface area (Å²) in [6.45, 7) is 0.350. The Morgan fingerprint density at radius 1 is 1.11 bits per heavy atom. The van der Waals surface area contributed by atoms with E-state index < -0.39 is 9.85 Å². The quantitative estimate of drug-likeness (QED) is 0.591. The molecule has 1 saturated carbocycles. The molecule has 2 aromatic rings. The number of amides is 1. The van der Waals surface area contributed by atoms with Crippen LogP contribution in [0.25, 0.3) is 0 Å². The molecular weight excluding hydrogens is 352 g/mol. The number of hydrogen-bond donors (Lipinski definition) is 1. The maximum atomic E-state index is 12.0. The molecule has 2 aromatic carbocycles. The van der Waals surface area contributed by atoms with Crippen LogP contribution >= 0.6 is 0 Å². The lowest BCUT2D eigenvalue weighted by atomic mass is 10.1. The van der Waals surface area contributed by atoms with Gasteiger partial charge in [0.15, 0.2) is 0 Å². The van der Waals surface area contributed by atoms with Crippen LogP contribution in [-0.2, 0) is 6.54 Å². The van der Waals surface area contributed by atoms with Crippen LogP contribution in [0.1, 0.15) is 28.8 Å². The number of hydrogen-bond acceptors (Lipinski definition) is 6. The Morgan fingerprint density at radius 3 is 2.33 bits per heavy atom. The van der Waals surface area contributed by atoms with Crippen molar-refractivity contribution in [2.75, 3.05) is 11.9 Å². The van der Waals surface area contributed by atoms with Crippen molar-refractivity contribution < 1.29 is 14.6 Å². The number of nitrogens with one attached hydrogen (secondary N) is 1. The van der Waals surface area contributed by atoms with E-state index in [2.05, 4.69) is 5.32 Å². The van der Waals surface area contributed by atoms with Gasteiger partial charge >= 0.3 is 0 Å². The normalized spacial score (nSPS) is 13.1. The van der Waals surface area contributed by atoms with Gasteiger partial charge in [-0.2, -0.15) is 0 Å². The predicted octanol–water partition coefficient (Wildman–Crippen LogP) is 3.03. The summed E-state index contributed by atoms with van der Waals surface area (Å²) in [5.74, 6) is -0.108. The maximum absolute atomic E-state index is 12.0. The molecule has 1 aliphatic carbocycles. The molecule has 0 saturated heterocycles. The van der Waals surface area contributed by atoms with Crippen LogP contribution in [-0.4, -0.2) is 28.8 Å². The van der Waals surface area contributed by atoms with E-state index in [0.717, 1.165) is 24.5 Å². The molecule has 27 heavy (non-hydrogen) atoms. The lowest BCUT2D eigenvalue weighted by Crippen LogP contribution is -2.25. The molecule has 1 fully saturated rings. The van der Waals surface area contributed by atoms with Gasteiger partial charge in [0.05, 0.1) is 15.9 Å². The fourth-order valence-electron chi connectivity index (χ4n) is 2.71. The zero-order chi connectivity index (χ0) is 19.6. The molecule has 3 rings (SSSR count). The summed E-state index contributed by atoms with van der Waals surface area (Å²) in [5, 5.41) is 25.0. The van der Waals surface area contributed by atoms with Crippen molar-refractivity contribution in [3.8, 4) is 0 Å². The molecule has 0 aromatic heterocycles.